The molecule has 0 amide bonds. The molecule has 0 unspecified atom stereocenters. The number of aromatic nitrogens is 2. The third kappa shape index (κ3) is 1.67. The van der Waals surface area contributed by atoms with Crippen molar-refractivity contribution in [2.75, 3.05) is 0 Å². The molecule has 5 heteroatoms. The molecule has 0 N–H and O–H groups in total. The highest BCUT2D eigenvalue weighted by Crippen LogP contribution is 2.28. The summed E-state index contributed by atoms with van der Waals surface area (Å²) in [6, 6.07) is 2.09. The zero-order valence-electron chi connectivity index (χ0n) is 7.52. The van der Waals surface area contributed by atoms with Crippen molar-refractivity contribution in [3.8, 4) is 16.6 Å². The Morgan fingerprint density at radius 2 is 2.36 bits per heavy atom. The minimum Gasteiger partial charge on any atom is -0.249 e. The first-order valence-corrected chi connectivity index (χ1v) is 5.79. The summed E-state index contributed by atoms with van der Waals surface area (Å²) in [6.45, 7) is 1.97. The molecule has 70 valence electrons. The van der Waals surface area contributed by atoms with Gasteiger partial charge in [-0.1, -0.05) is 0 Å². The van der Waals surface area contributed by atoms with Crippen molar-refractivity contribution in [3.05, 3.63) is 21.6 Å². The van der Waals surface area contributed by atoms with E-state index in [1.165, 1.54) is 11.3 Å². The first kappa shape index (κ1) is 9.31. The number of nitriles is 1. The standard InChI is InChI=1S/C9H7N3S2/c1-6-9(14-5-11-6)7-4-13-8(12-7)2-3-10/h4-5H,2H2,1H3. The van der Waals surface area contributed by atoms with Crippen molar-refractivity contribution >= 4 is 22.7 Å². The average molecular weight is 221 g/mol. The van der Waals surface area contributed by atoms with Gasteiger partial charge in [0.1, 0.15) is 5.01 Å². The van der Waals surface area contributed by atoms with Gasteiger partial charge in [-0.2, -0.15) is 5.26 Å². The zero-order valence-corrected chi connectivity index (χ0v) is 9.15. The zero-order chi connectivity index (χ0) is 9.97. The van der Waals surface area contributed by atoms with Crippen LogP contribution in [0.25, 0.3) is 10.6 Å². The van der Waals surface area contributed by atoms with Crippen LogP contribution in [-0.2, 0) is 6.42 Å². The molecular weight excluding hydrogens is 214 g/mol. The van der Waals surface area contributed by atoms with Crippen LogP contribution in [0.5, 0.6) is 0 Å². The molecule has 3 nitrogen and oxygen atoms in total. The van der Waals surface area contributed by atoms with Crippen molar-refractivity contribution < 1.29 is 0 Å². The highest BCUT2D eigenvalue weighted by atomic mass is 32.1. The fraction of sp³-hybridized carbons (Fsp3) is 0.222. The molecule has 0 aliphatic rings. The monoisotopic (exact) mass is 221 g/mol. The molecule has 2 rings (SSSR count). The van der Waals surface area contributed by atoms with Crippen molar-refractivity contribution in [1.29, 1.82) is 5.26 Å². The highest BCUT2D eigenvalue weighted by Gasteiger charge is 2.08. The topological polar surface area (TPSA) is 49.6 Å². The van der Waals surface area contributed by atoms with Crippen LogP contribution in [0, 0.1) is 18.3 Å². The molecular formula is C9H7N3S2. The molecule has 0 aromatic carbocycles. The fourth-order valence-corrected chi connectivity index (χ4v) is 2.67. The number of thiazole rings is 2. The maximum absolute atomic E-state index is 8.52. The Hall–Kier alpha value is -1.25. The van der Waals surface area contributed by atoms with Crippen LogP contribution in [-0.4, -0.2) is 9.97 Å². The Bertz CT molecular complexity index is 478. The summed E-state index contributed by atoms with van der Waals surface area (Å²) in [5, 5.41) is 11.4. The Labute approximate surface area is 89.7 Å². The third-order valence-electron chi connectivity index (χ3n) is 1.76. The summed E-state index contributed by atoms with van der Waals surface area (Å²) < 4.78 is 0. The molecule has 2 aromatic heterocycles. The van der Waals surface area contributed by atoms with E-state index < -0.39 is 0 Å². The van der Waals surface area contributed by atoms with E-state index in [2.05, 4.69) is 16.0 Å². The van der Waals surface area contributed by atoms with Gasteiger partial charge in [0.2, 0.25) is 0 Å². The molecule has 0 spiro atoms. The van der Waals surface area contributed by atoms with Crippen LogP contribution >= 0.6 is 22.7 Å². The fourth-order valence-electron chi connectivity index (χ4n) is 1.11. The number of nitrogens with zero attached hydrogens (tertiary/aromatic N) is 3. The van der Waals surface area contributed by atoms with Gasteiger partial charge in [0.25, 0.3) is 0 Å². The molecule has 0 aliphatic heterocycles. The minimum absolute atomic E-state index is 0.391. The van der Waals surface area contributed by atoms with E-state index in [4.69, 9.17) is 5.26 Å². The molecule has 0 bridgehead atoms. The smallest absolute Gasteiger partial charge is 0.107 e. The van der Waals surface area contributed by atoms with Crippen molar-refractivity contribution in [2.24, 2.45) is 0 Å². The summed E-state index contributed by atoms with van der Waals surface area (Å²) in [5.41, 5.74) is 3.76. The molecule has 14 heavy (non-hydrogen) atoms. The largest absolute Gasteiger partial charge is 0.249 e. The molecule has 0 saturated heterocycles. The van der Waals surface area contributed by atoms with Gasteiger partial charge >= 0.3 is 0 Å². The van der Waals surface area contributed by atoms with Crippen LogP contribution in [0.3, 0.4) is 0 Å². The SMILES string of the molecule is Cc1ncsc1-c1csc(CC#N)n1. The van der Waals surface area contributed by atoms with E-state index in [0.29, 0.717) is 6.42 Å². The van der Waals surface area contributed by atoms with Crippen LogP contribution in [0.4, 0.5) is 0 Å². The van der Waals surface area contributed by atoms with Crippen LogP contribution in [0.2, 0.25) is 0 Å². The normalized spacial score (nSPS) is 10.0. The second kappa shape index (κ2) is 3.86. The Balaban J connectivity index is 2.35. The Kier molecular flexibility index (Phi) is 2.57. The van der Waals surface area contributed by atoms with E-state index in [1.807, 2.05) is 17.8 Å². The van der Waals surface area contributed by atoms with Gasteiger partial charge in [-0.3, -0.25) is 0 Å². The Morgan fingerprint density at radius 1 is 1.50 bits per heavy atom. The molecule has 0 aliphatic carbocycles. The third-order valence-corrected chi connectivity index (χ3v) is 3.56. The summed E-state index contributed by atoms with van der Waals surface area (Å²) in [4.78, 5) is 9.64. The molecule has 0 atom stereocenters. The van der Waals surface area contributed by atoms with Gasteiger partial charge in [-0.05, 0) is 6.92 Å². The maximum atomic E-state index is 8.52. The lowest BCUT2D eigenvalue weighted by Gasteiger charge is -1.90. The van der Waals surface area contributed by atoms with E-state index in [-0.39, 0.29) is 0 Å². The lowest BCUT2D eigenvalue weighted by atomic mass is 10.3. The molecule has 0 saturated carbocycles. The van der Waals surface area contributed by atoms with Gasteiger partial charge in [-0.15, -0.1) is 22.7 Å². The second-order valence-corrected chi connectivity index (χ2v) is 4.53. The number of hydrogen-bond acceptors (Lipinski definition) is 5. The van der Waals surface area contributed by atoms with Crippen molar-refractivity contribution in [1.82, 2.24) is 9.97 Å². The van der Waals surface area contributed by atoms with Gasteiger partial charge in [-0.25, -0.2) is 9.97 Å². The summed E-state index contributed by atoms with van der Waals surface area (Å²) >= 11 is 3.11. The predicted octanol–water partition coefficient (Wildman–Crippen LogP) is 2.64. The quantitative estimate of drug-likeness (QED) is 0.783. The summed E-state index contributed by atoms with van der Waals surface area (Å²) in [6.07, 6.45) is 0.391. The van der Waals surface area contributed by atoms with Gasteiger partial charge in [0.15, 0.2) is 0 Å². The van der Waals surface area contributed by atoms with Crippen molar-refractivity contribution in [2.45, 2.75) is 13.3 Å². The molecule has 0 radical (unpaired) electrons. The Morgan fingerprint density at radius 3 is 3.00 bits per heavy atom. The number of rotatable bonds is 2. The molecule has 0 fully saturated rings. The number of hydrogen-bond donors (Lipinski definition) is 0. The summed E-state index contributed by atoms with van der Waals surface area (Å²) in [5.74, 6) is 0. The minimum atomic E-state index is 0.391. The second-order valence-electron chi connectivity index (χ2n) is 2.73. The van der Waals surface area contributed by atoms with E-state index >= 15 is 0 Å². The van der Waals surface area contributed by atoms with Gasteiger partial charge in [0, 0.05) is 5.38 Å². The lowest BCUT2D eigenvalue weighted by Crippen LogP contribution is -1.81. The van der Waals surface area contributed by atoms with Crippen LogP contribution < -0.4 is 0 Å². The molecule has 2 heterocycles. The molecule has 2 aromatic rings. The predicted molar refractivity (Wildman–Crippen MR) is 57.3 cm³/mol. The van der Waals surface area contributed by atoms with E-state index in [1.54, 1.807) is 11.3 Å². The van der Waals surface area contributed by atoms with E-state index in [9.17, 15) is 0 Å². The van der Waals surface area contributed by atoms with Gasteiger partial charge in [0.05, 0.1) is 34.3 Å². The summed E-state index contributed by atoms with van der Waals surface area (Å²) in [7, 11) is 0. The number of aryl methyl sites for hydroxylation is 1. The first-order valence-electron chi connectivity index (χ1n) is 4.03. The van der Waals surface area contributed by atoms with E-state index in [0.717, 1.165) is 21.3 Å². The first-order chi connectivity index (χ1) is 6.81. The van der Waals surface area contributed by atoms with Crippen LogP contribution in [0.15, 0.2) is 10.9 Å². The van der Waals surface area contributed by atoms with Gasteiger partial charge < -0.3 is 0 Å². The lowest BCUT2D eigenvalue weighted by molar-refractivity contribution is 1.19. The van der Waals surface area contributed by atoms with Crippen molar-refractivity contribution in [3.63, 3.8) is 0 Å². The average Bonchev–Trinajstić information content (AvgIpc) is 2.74. The maximum Gasteiger partial charge on any atom is 0.107 e. The van der Waals surface area contributed by atoms with Crippen LogP contribution in [0.1, 0.15) is 10.7 Å². The highest BCUT2D eigenvalue weighted by molar-refractivity contribution is 7.14.